The first-order valence-corrected chi connectivity index (χ1v) is 10.2. The van der Waals surface area contributed by atoms with Crippen molar-refractivity contribution in [1.82, 2.24) is 14.3 Å². The standard InChI is InChI=1S/C19H16BrCl2N3O3/c20-11-1-2-14(15(22)7-11)18-16(25-4-3-12(21)8-17(25)23-18)9-13-10-24(19(26)27)5-6-28-13/h1-4,7-8,13H,5-6,9-10H2,(H,26,27). The van der Waals surface area contributed by atoms with Gasteiger partial charge in [-0.15, -0.1) is 0 Å². The van der Waals surface area contributed by atoms with Crippen LogP contribution < -0.4 is 0 Å². The van der Waals surface area contributed by atoms with Crippen LogP contribution >= 0.6 is 39.1 Å². The van der Waals surface area contributed by atoms with Gasteiger partial charge in [-0.3, -0.25) is 0 Å². The number of imidazole rings is 1. The summed E-state index contributed by atoms with van der Waals surface area (Å²) < 4.78 is 8.66. The van der Waals surface area contributed by atoms with Gasteiger partial charge in [-0.25, -0.2) is 9.78 Å². The molecule has 0 saturated carbocycles. The Labute approximate surface area is 179 Å². The molecule has 9 heteroatoms. The van der Waals surface area contributed by atoms with E-state index < -0.39 is 6.09 Å². The summed E-state index contributed by atoms with van der Waals surface area (Å²) >= 11 is 16.0. The van der Waals surface area contributed by atoms with Gasteiger partial charge in [0.25, 0.3) is 0 Å². The molecule has 146 valence electrons. The second-order valence-electron chi connectivity index (χ2n) is 6.53. The van der Waals surface area contributed by atoms with E-state index in [0.717, 1.165) is 21.4 Å². The van der Waals surface area contributed by atoms with Crippen LogP contribution in [-0.4, -0.2) is 51.3 Å². The molecule has 1 N–H and O–H groups in total. The van der Waals surface area contributed by atoms with Gasteiger partial charge in [-0.2, -0.15) is 0 Å². The molecule has 1 amide bonds. The van der Waals surface area contributed by atoms with Crippen LogP contribution in [0, 0.1) is 0 Å². The van der Waals surface area contributed by atoms with Gasteiger partial charge in [0.1, 0.15) is 5.65 Å². The van der Waals surface area contributed by atoms with Crippen LogP contribution in [0.5, 0.6) is 0 Å². The molecule has 1 aromatic carbocycles. The fourth-order valence-electron chi connectivity index (χ4n) is 3.40. The van der Waals surface area contributed by atoms with Crippen molar-refractivity contribution in [2.75, 3.05) is 19.7 Å². The topological polar surface area (TPSA) is 67.1 Å². The van der Waals surface area contributed by atoms with Crippen molar-refractivity contribution in [3.05, 3.63) is 56.7 Å². The van der Waals surface area contributed by atoms with Gasteiger partial charge in [-0.05, 0) is 18.2 Å². The maximum absolute atomic E-state index is 11.3. The molecular formula is C19H16BrCl2N3O3. The number of carboxylic acid groups (broad SMARTS) is 1. The Morgan fingerprint density at radius 2 is 2.14 bits per heavy atom. The number of benzene rings is 1. The summed E-state index contributed by atoms with van der Waals surface area (Å²) in [5, 5.41) is 10.5. The lowest BCUT2D eigenvalue weighted by molar-refractivity contribution is -0.0214. The van der Waals surface area contributed by atoms with Gasteiger partial charge in [-0.1, -0.05) is 45.2 Å². The van der Waals surface area contributed by atoms with Crippen LogP contribution in [0.25, 0.3) is 16.9 Å². The molecule has 6 nitrogen and oxygen atoms in total. The fraction of sp³-hybridized carbons (Fsp3) is 0.263. The minimum absolute atomic E-state index is 0.270. The van der Waals surface area contributed by atoms with E-state index in [4.69, 9.17) is 32.9 Å². The SMILES string of the molecule is O=C(O)N1CCOC(Cc2c(-c3ccc(Br)cc3Cl)nc3cc(Cl)ccn23)C1. The third kappa shape index (κ3) is 3.85. The smallest absolute Gasteiger partial charge is 0.407 e. The van der Waals surface area contributed by atoms with Gasteiger partial charge >= 0.3 is 6.09 Å². The molecule has 0 radical (unpaired) electrons. The maximum Gasteiger partial charge on any atom is 0.407 e. The number of halogens is 3. The summed E-state index contributed by atoms with van der Waals surface area (Å²) in [4.78, 5) is 17.5. The number of carbonyl (C=O) groups is 1. The first-order chi connectivity index (χ1) is 13.4. The fourth-order valence-corrected chi connectivity index (χ4v) is 4.31. The molecule has 1 atom stereocenters. The summed E-state index contributed by atoms with van der Waals surface area (Å²) in [7, 11) is 0. The van der Waals surface area contributed by atoms with E-state index >= 15 is 0 Å². The predicted octanol–water partition coefficient (Wildman–Crippen LogP) is 4.99. The first-order valence-electron chi connectivity index (χ1n) is 8.64. The van der Waals surface area contributed by atoms with Gasteiger partial charge in [0.15, 0.2) is 0 Å². The highest BCUT2D eigenvalue weighted by molar-refractivity contribution is 9.10. The molecular weight excluding hydrogens is 469 g/mol. The number of hydrogen-bond donors (Lipinski definition) is 1. The third-order valence-electron chi connectivity index (χ3n) is 4.70. The summed E-state index contributed by atoms with van der Waals surface area (Å²) in [5.41, 5.74) is 3.12. The van der Waals surface area contributed by atoms with Crippen LogP contribution in [0.3, 0.4) is 0 Å². The lowest BCUT2D eigenvalue weighted by atomic mass is 10.1. The van der Waals surface area contributed by atoms with Crippen molar-refractivity contribution in [1.29, 1.82) is 0 Å². The van der Waals surface area contributed by atoms with E-state index in [1.807, 2.05) is 28.8 Å². The van der Waals surface area contributed by atoms with E-state index in [1.165, 1.54) is 4.90 Å². The van der Waals surface area contributed by atoms with Gasteiger partial charge < -0.3 is 19.1 Å². The van der Waals surface area contributed by atoms with Crippen LogP contribution in [-0.2, 0) is 11.2 Å². The number of rotatable bonds is 3. The Balaban J connectivity index is 1.78. The lowest BCUT2D eigenvalue weighted by Crippen LogP contribution is -2.45. The Hall–Kier alpha value is -1.80. The molecule has 1 fully saturated rings. The number of hydrogen-bond acceptors (Lipinski definition) is 3. The molecule has 4 rings (SSSR count). The summed E-state index contributed by atoms with van der Waals surface area (Å²) in [6, 6.07) is 9.21. The normalized spacial score (nSPS) is 17.2. The van der Waals surface area contributed by atoms with Crippen molar-refractivity contribution in [3.63, 3.8) is 0 Å². The second-order valence-corrected chi connectivity index (χ2v) is 8.29. The molecule has 3 heterocycles. The largest absolute Gasteiger partial charge is 0.465 e. The molecule has 3 aromatic rings. The summed E-state index contributed by atoms with van der Waals surface area (Å²) in [6.07, 6.45) is 1.14. The highest BCUT2D eigenvalue weighted by Gasteiger charge is 2.27. The summed E-state index contributed by atoms with van der Waals surface area (Å²) in [6.45, 7) is 1.05. The zero-order chi connectivity index (χ0) is 19.8. The number of morpholine rings is 1. The van der Waals surface area contributed by atoms with Gasteiger partial charge in [0.2, 0.25) is 0 Å². The number of amides is 1. The molecule has 28 heavy (non-hydrogen) atoms. The number of nitrogens with zero attached hydrogens (tertiary/aromatic N) is 3. The number of pyridine rings is 1. The number of aromatic nitrogens is 2. The van der Waals surface area contributed by atoms with Crippen molar-refractivity contribution < 1.29 is 14.6 Å². The maximum atomic E-state index is 11.3. The zero-order valence-electron chi connectivity index (χ0n) is 14.6. The van der Waals surface area contributed by atoms with E-state index in [-0.39, 0.29) is 6.10 Å². The molecule has 0 spiro atoms. The number of fused-ring (bicyclic) bond motifs is 1. The van der Waals surface area contributed by atoms with Crippen molar-refractivity contribution in [2.24, 2.45) is 0 Å². The van der Waals surface area contributed by atoms with Crippen molar-refractivity contribution in [3.8, 4) is 11.3 Å². The Morgan fingerprint density at radius 3 is 2.89 bits per heavy atom. The van der Waals surface area contributed by atoms with Gasteiger partial charge in [0.05, 0.1) is 35.7 Å². The van der Waals surface area contributed by atoms with E-state index in [1.54, 1.807) is 12.1 Å². The average molecular weight is 485 g/mol. The zero-order valence-corrected chi connectivity index (χ0v) is 17.7. The van der Waals surface area contributed by atoms with E-state index in [2.05, 4.69) is 15.9 Å². The van der Waals surface area contributed by atoms with Crippen LogP contribution in [0.1, 0.15) is 5.69 Å². The highest BCUT2D eigenvalue weighted by atomic mass is 79.9. The average Bonchev–Trinajstić information content (AvgIpc) is 2.99. The molecule has 0 aliphatic carbocycles. The van der Waals surface area contributed by atoms with E-state index in [0.29, 0.717) is 41.8 Å². The van der Waals surface area contributed by atoms with Crippen molar-refractivity contribution in [2.45, 2.75) is 12.5 Å². The number of ether oxygens (including phenoxy) is 1. The summed E-state index contributed by atoms with van der Waals surface area (Å²) in [5.74, 6) is 0. The minimum atomic E-state index is -0.936. The lowest BCUT2D eigenvalue weighted by Gasteiger charge is -2.31. The highest BCUT2D eigenvalue weighted by Crippen LogP contribution is 2.34. The second kappa shape index (κ2) is 7.91. The first kappa shape index (κ1) is 19.5. The van der Waals surface area contributed by atoms with Crippen molar-refractivity contribution >= 4 is 50.9 Å². The molecule has 1 saturated heterocycles. The monoisotopic (exact) mass is 483 g/mol. The third-order valence-corrected chi connectivity index (χ3v) is 5.74. The van der Waals surface area contributed by atoms with Crippen LogP contribution in [0.4, 0.5) is 4.79 Å². The molecule has 1 unspecified atom stereocenters. The quantitative estimate of drug-likeness (QED) is 0.568. The van der Waals surface area contributed by atoms with E-state index in [9.17, 15) is 9.90 Å². The Kier molecular flexibility index (Phi) is 5.51. The molecule has 1 aliphatic heterocycles. The minimum Gasteiger partial charge on any atom is -0.465 e. The molecule has 2 aromatic heterocycles. The van der Waals surface area contributed by atoms with Crippen LogP contribution in [0.15, 0.2) is 41.0 Å². The predicted molar refractivity (Wildman–Crippen MR) is 111 cm³/mol. The molecule has 1 aliphatic rings. The van der Waals surface area contributed by atoms with Gasteiger partial charge in [0, 0.05) is 40.3 Å². The Bertz CT molecular complexity index is 1060. The van der Waals surface area contributed by atoms with Crippen LogP contribution in [0.2, 0.25) is 10.0 Å². The Morgan fingerprint density at radius 1 is 1.32 bits per heavy atom. The molecule has 0 bridgehead atoms.